The molecule has 0 aromatic heterocycles. The van der Waals surface area contributed by atoms with E-state index in [1.807, 2.05) is 6.92 Å². The molecule has 0 aliphatic heterocycles. The summed E-state index contributed by atoms with van der Waals surface area (Å²) in [7, 11) is -3.71. The fourth-order valence-electron chi connectivity index (χ4n) is 1.65. The van der Waals surface area contributed by atoms with E-state index in [0.717, 1.165) is 11.3 Å². The van der Waals surface area contributed by atoms with E-state index in [-0.39, 0.29) is 11.5 Å². The minimum atomic E-state index is -3.71. The van der Waals surface area contributed by atoms with Crippen LogP contribution in [0, 0.1) is 0 Å². The molecule has 0 saturated heterocycles. The molecule has 0 radical (unpaired) electrons. The molecule has 20 heavy (non-hydrogen) atoms. The fraction of sp³-hybridized carbons (Fsp3) is 0.200. The van der Waals surface area contributed by atoms with Gasteiger partial charge in [-0.2, -0.15) is 8.42 Å². The van der Waals surface area contributed by atoms with Crippen molar-refractivity contribution in [2.24, 2.45) is 0 Å². The van der Waals surface area contributed by atoms with E-state index < -0.39 is 10.1 Å². The minimum Gasteiger partial charge on any atom is -0.494 e. The van der Waals surface area contributed by atoms with Crippen LogP contribution in [-0.2, 0) is 20.9 Å². The van der Waals surface area contributed by atoms with Crippen LogP contribution >= 0.6 is 0 Å². The van der Waals surface area contributed by atoms with Gasteiger partial charge in [-0.3, -0.25) is 4.18 Å². The van der Waals surface area contributed by atoms with Crippen LogP contribution in [0.1, 0.15) is 12.5 Å². The van der Waals surface area contributed by atoms with Crippen LogP contribution in [-0.4, -0.2) is 15.0 Å². The number of ether oxygens (including phenoxy) is 1. The molecule has 0 fully saturated rings. The highest BCUT2D eigenvalue weighted by atomic mass is 32.2. The Kier molecular flexibility index (Phi) is 4.76. The molecule has 2 aromatic rings. The quantitative estimate of drug-likeness (QED) is 0.768. The first-order valence-electron chi connectivity index (χ1n) is 6.28. The zero-order valence-corrected chi connectivity index (χ0v) is 12.0. The van der Waals surface area contributed by atoms with Gasteiger partial charge in [-0.15, -0.1) is 0 Å². The first kappa shape index (κ1) is 14.6. The third-order valence-corrected chi connectivity index (χ3v) is 3.92. The van der Waals surface area contributed by atoms with Crippen molar-refractivity contribution in [1.82, 2.24) is 0 Å². The molecular weight excluding hydrogens is 276 g/mol. The van der Waals surface area contributed by atoms with Crippen molar-refractivity contribution in [3.05, 3.63) is 60.2 Å². The highest BCUT2D eigenvalue weighted by molar-refractivity contribution is 7.86. The summed E-state index contributed by atoms with van der Waals surface area (Å²) in [6.07, 6.45) is 0. The lowest BCUT2D eigenvalue weighted by Crippen LogP contribution is -2.06. The van der Waals surface area contributed by atoms with E-state index in [1.54, 1.807) is 42.5 Å². The van der Waals surface area contributed by atoms with Gasteiger partial charge in [0.2, 0.25) is 0 Å². The number of hydrogen-bond donors (Lipinski definition) is 0. The maximum atomic E-state index is 11.9. The van der Waals surface area contributed by atoms with Crippen LogP contribution in [0.3, 0.4) is 0 Å². The first-order chi connectivity index (χ1) is 9.62. The van der Waals surface area contributed by atoms with Crippen LogP contribution < -0.4 is 4.74 Å². The summed E-state index contributed by atoms with van der Waals surface area (Å²) >= 11 is 0. The molecule has 0 aliphatic carbocycles. The highest BCUT2D eigenvalue weighted by Gasteiger charge is 2.14. The lowest BCUT2D eigenvalue weighted by Gasteiger charge is -2.07. The van der Waals surface area contributed by atoms with E-state index in [4.69, 9.17) is 8.92 Å². The van der Waals surface area contributed by atoms with Crippen molar-refractivity contribution in [2.45, 2.75) is 18.4 Å². The lowest BCUT2D eigenvalue weighted by atomic mass is 10.2. The Bertz CT molecular complexity index is 633. The van der Waals surface area contributed by atoms with E-state index in [0.29, 0.717) is 6.61 Å². The molecule has 2 rings (SSSR count). The Labute approximate surface area is 119 Å². The monoisotopic (exact) mass is 292 g/mol. The lowest BCUT2D eigenvalue weighted by molar-refractivity contribution is 0.307. The number of benzene rings is 2. The summed E-state index contributed by atoms with van der Waals surface area (Å²) in [6.45, 7) is 2.51. The standard InChI is InChI=1S/C15H16O4S/c1-2-18-14-10-8-13(9-11-14)12-19-20(16,17)15-6-4-3-5-7-15/h3-11H,2,12H2,1H3. The highest BCUT2D eigenvalue weighted by Crippen LogP contribution is 2.16. The van der Waals surface area contributed by atoms with Crippen LogP contribution in [0.25, 0.3) is 0 Å². The maximum Gasteiger partial charge on any atom is 0.297 e. The van der Waals surface area contributed by atoms with Gasteiger partial charge in [0.15, 0.2) is 0 Å². The topological polar surface area (TPSA) is 52.6 Å². The summed E-state index contributed by atoms with van der Waals surface area (Å²) in [6, 6.07) is 15.2. The fourth-order valence-corrected chi connectivity index (χ4v) is 2.57. The Hall–Kier alpha value is -1.85. The van der Waals surface area contributed by atoms with Gasteiger partial charge < -0.3 is 4.74 Å². The van der Waals surface area contributed by atoms with Crippen molar-refractivity contribution in [3.8, 4) is 5.75 Å². The molecule has 106 valence electrons. The zero-order chi connectivity index (χ0) is 14.4. The number of rotatable bonds is 6. The molecule has 4 nitrogen and oxygen atoms in total. The van der Waals surface area contributed by atoms with Crippen molar-refractivity contribution < 1.29 is 17.3 Å². The molecular formula is C15H16O4S. The molecule has 0 aliphatic rings. The van der Waals surface area contributed by atoms with Gasteiger partial charge in [0.1, 0.15) is 5.75 Å². The normalized spacial score (nSPS) is 11.2. The van der Waals surface area contributed by atoms with E-state index >= 15 is 0 Å². The maximum absolute atomic E-state index is 11.9. The Morgan fingerprint density at radius 3 is 2.20 bits per heavy atom. The van der Waals surface area contributed by atoms with Crippen LogP contribution in [0.4, 0.5) is 0 Å². The predicted molar refractivity (Wildman–Crippen MR) is 76.0 cm³/mol. The van der Waals surface area contributed by atoms with Crippen molar-refractivity contribution >= 4 is 10.1 Å². The molecule has 0 saturated carbocycles. The molecule has 2 aromatic carbocycles. The second kappa shape index (κ2) is 6.54. The molecule has 0 unspecified atom stereocenters. The molecule has 0 amide bonds. The third-order valence-electron chi connectivity index (χ3n) is 2.65. The summed E-state index contributed by atoms with van der Waals surface area (Å²) < 4.78 is 34.2. The van der Waals surface area contributed by atoms with Crippen LogP contribution in [0.5, 0.6) is 5.75 Å². The van der Waals surface area contributed by atoms with Gasteiger partial charge in [-0.1, -0.05) is 30.3 Å². The van der Waals surface area contributed by atoms with Crippen molar-refractivity contribution in [3.63, 3.8) is 0 Å². The summed E-state index contributed by atoms with van der Waals surface area (Å²) in [5.74, 6) is 0.752. The average Bonchev–Trinajstić information content (AvgIpc) is 2.48. The minimum absolute atomic E-state index is 0.00360. The second-order valence-corrected chi connectivity index (χ2v) is 5.72. The molecule has 0 atom stereocenters. The summed E-state index contributed by atoms with van der Waals surface area (Å²) in [4.78, 5) is 0.158. The molecule has 5 heteroatoms. The van der Waals surface area contributed by atoms with Gasteiger partial charge in [-0.05, 0) is 36.8 Å². The van der Waals surface area contributed by atoms with E-state index in [9.17, 15) is 8.42 Å². The van der Waals surface area contributed by atoms with Crippen LogP contribution in [0.2, 0.25) is 0 Å². The number of hydrogen-bond acceptors (Lipinski definition) is 4. The van der Waals surface area contributed by atoms with Gasteiger partial charge in [0, 0.05) is 0 Å². The largest absolute Gasteiger partial charge is 0.494 e. The molecule has 0 spiro atoms. The smallest absolute Gasteiger partial charge is 0.297 e. The molecule has 0 heterocycles. The third kappa shape index (κ3) is 3.82. The molecule has 0 N–H and O–H groups in total. The van der Waals surface area contributed by atoms with Gasteiger partial charge >= 0.3 is 0 Å². The zero-order valence-electron chi connectivity index (χ0n) is 11.2. The second-order valence-electron chi connectivity index (χ2n) is 4.11. The summed E-state index contributed by atoms with van der Waals surface area (Å²) in [5, 5.41) is 0. The first-order valence-corrected chi connectivity index (χ1v) is 7.69. The van der Waals surface area contributed by atoms with Gasteiger partial charge in [-0.25, -0.2) is 0 Å². The van der Waals surface area contributed by atoms with E-state index in [2.05, 4.69) is 0 Å². The Balaban J connectivity index is 2.01. The van der Waals surface area contributed by atoms with Crippen molar-refractivity contribution in [2.75, 3.05) is 6.61 Å². The van der Waals surface area contributed by atoms with Gasteiger partial charge in [0.25, 0.3) is 10.1 Å². The van der Waals surface area contributed by atoms with Gasteiger partial charge in [0.05, 0.1) is 18.1 Å². The SMILES string of the molecule is CCOc1ccc(COS(=O)(=O)c2ccccc2)cc1. The predicted octanol–water partition coefficient (Wildman–Crippen LogP) is 2.99. The average molecular weight is 292 g/mol. The Morgan fingerprint density at radius 1 is 0.950 bits per heavy atom. The van der Waals surface area contributed by atoms with Crippen LogP contribution in [0.15, 0.2) is 59.5 Å². The molecule has 0 bridgehead atoms. The van der Waals surface area contributed by atoms with E-state index in [1.165, 1.54) is 12.1 Å². The summed E-state index contributed by atoms with van der Waals surface area (Å²) in [5.41, 5.74) is 0.771. The van der Waals surface area contributed by atoms with Crippen molar-refractivity contribution in [1.29, 1.82) is 0 Å². The Morgan fingerprint density at radius 2 is 1.60 bits per heavy atom.